The lowest BCUT2D eigenvalue weighted by molar-refractivity contribution is 0.102. The van der Waals surface area contributed by atoms with Gasteiger partial charge in [-0.15, -0.1) is 0 Å². The van der Waals surface area contributed by atoms with Crippen LogP contribution in [0, 0.1) is 18.3 Å². The minimum atomic E-state index is -1.08. The Hall–Kier alpha value is -5.09. The van der Waals surface area contributed by atoms with Crippen molar-refractivity contribution in [1.29, 1.82) is 0 Å². The van der Waals surface area contributed by atoms with Gasteiger partial charge < -0.3 is 14.7 Å². The quantitative estimate of drug-likeness (QED) is 0.146. The largest absolute Gasteiger partial charge is 0.338 e. The average molecular weight is 940 g/mol. The third-order valence-corrected chi connectivity index (χ3v) is 21.4. The van der Waals surface area contributed by atoms with Crippen molar-refractivity contribution in [3.05, 3.63) is 189 Å². The molecule has 4 aliphatic heterocycles. The zero-order chi connectivity index (χ0) is 48.3. The van der Waals surface area contributed by atoms with Crippen molar-refractivity contribution in [2.75, 3.05) is 28.6 Å². The summed E-state index contributed by atoms with van der Waals surface area (Å²) in [7, 11) is -1.08. The summed E-state index contributed by atoms with van der Waals surface area (Å²) < 4.78 is 0. The summed E-state index contributed by atoms with van der Waals surface area (Å²) in [6.45, 7) is 17.6. The molecule has 1 saturated heterocycles. The molecule has 0 bridgehead atoms. The fourth-order valence-corrected chi connectivity index (χ4v) is 17.4. The Morgan fingerprint density at radius 1 is 0.714 bits per heavy atom. The number of benzene rings is 4. The maximum absolute atomic E-state index is 3.92. The number of hydrogen-bond donors (Lipinski definition) is 0. The van der Waals surface area contributed by atoms with Crippen LogP contribution in [-0.4, -0.2) is 47.5 Å². The van der Waals surface area contributed by atoms with Crippen LogP contribution in [0.1, 0.15) is 128 Å². The molecule has 7 atom stereocenters. The predicted octanol–water partition coefficient (Wildman–Crippen LogP) is 14.3. The average Bonchev–Trinajstić information content (AvgIpc) is 3.73. The summed E-state index contributed by atoms with van der Waals surface area (Å²) in [5.41, 5.74) is 23.8. The zero-order valence-corrected chi connectivity index (χ0v) is 44.6. The van der Waals surface area contributed by atoms with E-state index in [1.807, 2.05) is 0 Å². The molecule has 0 amide bonds. The van der Waals surface area contributed by atoms with E-state index in [9.17, 15) is 0 Å². The highest BCUT2D eigenvalue weighted by Gasteiger charge is 2.68. The van der Waals surface area contributed by atoms with Gasteiger partial charge in [0.25, 0.3) is 0 Å². The standard InChI is InChI=1S/C65H74BN3S/c1-43-22-21-27-48(36-43)67-56-37-44(2)28-30-53(56)66-54-42-50(70(8,9)10)41-52-60(54)69(63(7)33-18-20-35-65(52,63)46-25-15-12-16-26-46)58-40-49(39-57(67)59(58)66)68-55-31-29-47(61(3,4)5)38-51(55)64(45-23-13-11-14-24-45)34-19-17-32-62(64,68)6/h11-16,21,23-26,28,30-31,36-42,47,57,59H,17-20,22,29,32-35H2,1-10H3. The Bertz CT molecular complexity index is 3120. The van der Waals surface area contributed by atoms with Crippen molar-refractivity contribution in [2.45, 2.75) is 151 Å². The first-order chi connectivity index (χ1) is 33.5. The van der Waals surface area contributed by atoms with Crippen molar-refractivity contribution in [2.24, 2.45) is 11.3 Å². The molecule has 5 heteroatoms. The second kappa shape index (κ2) is 15.2. The van der Waals surface area contributed by atoms with Gasteiger partial charge in [-0.25, -0.2) is 10.0 Å². The Morgan fingerprint density at radius 3 is 2.04 bits per heavy atom. The molecule has 70 heavy (non-hydrogen) atoms. The molecule has 4 aromatic rings. The molecule has 358 valence electrons. The molecule has 3 nitrogen and oxygen atoms in total. The normalized spacial score (nSPS) is 31.7. The molecule has 0 aromatic heterocycles. The van der Waals surface area contributed by atoms with Gasteiger partial charge in [0.2, 0.25) is 6.71 Å². The summed E-state index contributed by atoms with van der Waals surface area (Å²) in [5, 5.41) is 0. The number of aryl methyl sites for hydroxylation is 1. The van der Waals surface area contributed by atoms with Crippen LogP contribution in [0.25, 0.3) is 0 Å². The molecule has 7 unspecified atom stereocenters. The van der Waals surface area contributed by atoms with E-state index in [-0.39, 0.29) is 45.9 Å². The van der Waals surface area contributed by atoms with Gasteiger partial charge >= 0.3 is 0 Å². The van der Waals surface area contributed by atoms with Crippen LogP contribution in [0.2, 0.25) is 5.82 Å². The van der Waals surface area contributed by atoms with E-state index in [0.717, 1.165) is 32.1 Å². The fraction of sp³-hybridized carbons (Fsp3) is 0.431. The van der Waals surface area contributed by atoms with E-state index in [0.29, 0.717) is 5.92 Å². The molecule has 4 aromatic carbocycles. The highest BCUT2D eigenvalue weighted by molar-refractivity contribution is 8.32. The number of hydrogen-bond acceptors (Lipinski definition) is 3. The van der Waals surface area contributed by atoms with Gasteiger partial charge in [-0.1, -0.05) is 154 Å². The van der Waals surface area contributed by atoms with Gasteiger partial charge in [-0.3, -0.25) is 0 Å². The molecule has 0 N–H and O–H groups in total. The summed E-state index contributed by atoms with van der Waals surface area (Å²) in [4.78, 5) is 10.3. The number of fused-ring (bicyclic) bond motifs is 10. The monoisotopic (exact) mass is 940 g/mol. The lowest BCUT2D eigenvalue weighted by atomic mass is 9.28. The van der Waals surface area contributed by atoms with Gasteiger partial charge in [0, 0.05) is 45.1 Å². The lowest BCUT2D eigenvalue weighted by Gasteiger charge is -2.59. The predicted molar refractivity (Wildman–Crippen MR) is 300 cm³/mol. The minimum absolute atomic E-state index is 0.0614. The molecular weight excluding hydrogens is 866 g/mol. The summed E-state index contributed by atoms with van der Waals surface area (Å²) in [6, 6.07) is 36.6. The van der Waals surface area contributed by atoms with Crippen molar-refractivity contribution in [1.82, 2.24) is 4.90 Å². The first kappa shape index (κ1) is 44.8. The number of nitrogens with zero attached hydrogens (tertiary/aromatic N) is 3. The lowest BCUT2D eigenvalue weighted by Crippen LogP contribution is -2.67. The number of likely N-dealkylation sites (tertiary alicyclic amines) is 1. The second-order valence-corrected chi connectivity index (χ2v) is 29.5. The second-order valence-electron chi connectivity index (χ2n) is 25.3. The maximum atomic E-state index is 3.92. The molecule has 3 fully saturated rings. The van der Waals surface area contributed by atoms with Crippen LogP contribution in [-0.2, 0) is 10.8 Å². The van der Waals surface area contributed by atoms with E-state index >= 15 is 0 Å². The molecule has 9 aliphatic rings. The Balaban J connectivity index is 1.14. The first-order valence-corrected chi connectivity index (χ1v) is 29.8. The molecule has 0 radical (unpaired) electrons. The highest BCUT2D eigenvalue weighted by atomic mass is 32.3. The van der Waals surface area contributed by atoms with Crippen molar-refractivity contribution < 1.29 is 0 Å². The fourth-order valence-electron chi connectivity index (χ4n) is 16.5. The topological polar surface area (TPSA) is 9.72 Å². The van der Waals surface area contributed by atoms with Crippen molar-refractivity contribution in [3.63, 3.8) is 0 Å². The van der Waals surface area contributed by atoms with Crippen molar-refractivity contribution >= 4 is 39.0 Å². The van der Waals surface area contributed by atoms with E-state index in [1.54, 1.807) is 21.5 Å². The Kier molecular flexibility index (Phi) is 9.75. The molecule has 4 heterocycles. The van der Waals surface area contributed by atoms with Gasteiger partial charge in [0.05, 0.1) is 22.8 Å². The summed E-state index contributed by atoms with van der Waals surface area (Å²) in [5.74, 6) is 0.673. The smallest absolute Gasteiger partial charge is 0.226 e. The molecule has 0 spiro atoms. The van der Waals surface area contributed by atoms with Crippen LogP contribution < -0.4 is 20.7 Å². The van der Waals surface area contributed by atoms with Crippen LogP contribution in [0.15, 0.2) is 172 Å². The van der Waals surface area contributed by atoms with Gasteiger partial charge in [-0.05, 0) is 171 Å². The minimum Gasteiger partial charge on any atom is -0.338 e. The van der Waals surface area contributed by atoms with Crippen LogP contribution in [0.3, 0.4) is 0 Å². The SMILES string of the molecule is CC1=CC(N2c3cc(C)ccc3B3c4cc(S(C)(C)C)cc5c4N(C4=CC(N6C7=CCC(C(C)(C)C)C=C7C7(c8ccccc8)CCCCC67C)=CC2C34)C2(C)CCCCC52c2ccccc2)=C=CC1. The Morgan fingerprint density at radius 2 is 1.37 bits per heavy atom. The van der Waals surface area contributed by atoms with Gasteiger partial charge in [0.15, 0.2) is 0 Å². The van der Waals surface area contributed by atoms with Gasteiger partial charge in [0.1, 0.15) is 0 Å². The number of rotatable bonds is 5. The van der Waals surface area contributed by atoms with Crippen LogP contribution in [0.5, 0.6) is 0 Å². The van der Waals surface area contributed by atoms with E-state index < -0.39 is 10.0 Å². The third-order valence-electron chi connectivity index (χ3n) is 19.8. The highest BCUT2D eigenvalue weighted by Crippen LogP contribution is 2.69. The van der Waals surface area contributed by atoms with E-state index in [2.05, 4.69) is 215 Å². The maximum Gasteiger partial charge on any atom is 0.226 e. The summed E-state index contributed by atoms with van der Waals surface area (Å²) >= 11 is 0. The van der Waals surface area contributed by atoms with Crippen molar-refractivity contribution in [3.8, 4) is 0 Å². The van der Waals surface area contributed by atoms with Gasteiger partial charge in [-0.2, -0.15) is 0 Å². The first-order valence-electron chi connectivity index (χ1n) is 27.0. The molecule has 5 aliphatic carbocycles. The molecule has 2 saturated carbocycles. The van der Waals surface area contributed by atoms with Crippen LogP contribution in [0.4, 0.5) is 11.4 Å². The zero-order valence-electron chi connectivity index (χ0n) is 43.8. The summed E-state index contributed by atoms with van der Waals surface area (Å²) in [6.07, 6.45) is 35.0. The Labute approximate surface area is 422 Å². The molecular formula is C65H74BN3S. The molecule has 13 rings (SSSR count). The van der Waals surface area contributed by atoms with Crippen LogP contribution >= 0.6 is 10.0 Å². The van der Waals surface area contributed by atoms with E-state index in [1.165, 1.54) is 94.0 Å². The number of anilines is 2. The third kappa shape index (κ3) is 5.86. The number of allylic oxidation sites excluding steroid dienone is 6. The van der Waals surface area contributed by atoms with E-state index in [4.69, 9.17) is 0 Å².